The third-order valence-electron chi connectivity index (χ3n) is 3.80. The molecule has 3 heterocycles. The lowest BCUT2D eigenvalue weighted by atomic mass is 10.2. The van der Waals surface area contributed by atoms with Gasteiger partial charge in [0, 0.05) is 0 Å². The molecule has 7 heteroatoms. The van der Waals surface area contributed by atoms with Crippen molar-refractivity contribution in [2.75, 3.05) is 0 Å². The van der Waals surface area contributed by atoms with Crippen LogP contribution in [0, 0.1) is 0 Å². The minimum atomic E-state index is -0.449. The first-order chi connectivity index (χ1) is 12.6. The van der Waals surface area contributed by atoms with Gasteiger partial charge in [-0.3, -0.25) is 4.40 Å². The first-order valence-corrected chi connectivity index (χ1v) is 9.26. The number of nitrogens with zero attached hydrogens (tertiary/aromatic N) is 3. The monoisotopic (exact) mass is 367 g/mol. The van der Waals surface area contributed by atoms with Gasteiger partial charge in [-0.15, -0.1) is 10.2 Å². The number of pyridine rings is 1. The number of fused-ring (bicyclic) bond motifs is 3. The molecule has 1 aromatic carbocycles. The van der Waals surface area contributed by atoms with Gasteiger partial charge in [-0.05, 0) is 49.6 Å². The fraction of sp³-hybridized carbons (Fsp3) is 0.211. The van der Waals surface area contributed by atoms with Crippen LogP contribution in [0.4, 0.5) is 0 Å². The Morgan fingerprint density at radius 3 is 2.85 bits per heavy atom. The van der Waals surface area contributed by atoms with Crippen molar-refractivity contribution in [3.63, 3.8) is 0 Å². The minimum absolute atomic E-state index is 0.180. The number of aromatic nitrogens is 3. The number of thioether (sulfide) groups is 1. The average molecular weight is 367 g/mol. The first-order valence-electron chi connectivity index (χ1n) is 8.27. The zero-order valence-electron chi connectivity index (χ0n) is 14.4. The molecule has 0 aliphatic rings. The molecule has 0 amide bonds. The molecule has 0 spiro atoms. The Balaban J connectivity index is 1.56. The summed E-state index contributed by atoms with van der Waals surface area (Å²) < 4.78 is 12.8. The van der Waals surface area contributed by atoms with Crippen molar-refractivity contribution in [3.05, 3.63) is 60.1 Å². The van der Waals surface area contributed by atoms with Gasteiger partial charge in [0.25, 0.3) is 0 Å². The minimum Gasteiger partial charge on any atom is -0.457 e. The molecule has 0 saturated heterocycles. The van der Waals surface area contributed by atoms with Crippen molar-refractivity contribution in [2.24, 2.45) is 0 Å². The molecule has 0 bridgehead atoms. The fourth-order valence-electron chi connectivity index (χ4n) is 2.68. The van der Waals surface area contributed by atoms with Gasteiger partial charge < -0.3 is 9.15 Å². The van der Waals surface area contributed by atoms with Gasteiger partial charge >= 0.3 is 5.97 Å². The maximum absolute atomic E-state index is 11.9. The second-order valence-electron chi connectivity index (χ2n) is 6.08. The van der Waals surface area contributed by atoms with Crippen LogP contribution in [-0.4, -0.2) is 26.7 Å². The molecule has 0 radical (unpaired) electrons. The molecule has 4 aromatic rings. The van der Waals surface area contributed by atoms with Gasteiger partial charge in [0.2, 0.25) is 5.76 Å². The van der Waals surface area contributed by atoms with Crippen molar-refractivity contribution >= 4 is 34.3 Å². The molecule has 4 rings (SSSR count). The van der Waals surface area contributed by atoms with Gasteiger partial charge in [0.15, 0.2) is 10.8 Å². The van der Waals surface area contributed by atoms with Crippen molar-refractivity contribution in [1.29, 1.82) is 0 Å². The zero-order chi connectivity index (χ0) is 18.1. The topological polar surface area (TPSA) is 69.6 Å². The van der Waals surface area contributed by atoms with Crippen LogP contribution in [0.3, 0.4) is 0 Å². The van der Waals surface area contributed by atoms with E-state index in [0.29, 0.717) is 11.5 Å². The summed E-state index contributed by atoms with van der Waals surface area (Å²) >= 11 is 1.51. The highest BCUT2D eigenvalue weighted by Crippen LogP contribution is 2.26. The van der Waals surface area contributed by atoms with E-state index < -0.39 is 5.97 Å². The van der Waals surface area contributed by atoms with Gasteiger partial charge in [0.05, 0.1) is 17.4 Å². The van der Waals surface area contributed by atoms with E-state index in [-0.39, 0.29) is 11.9 Å². The second kappa shape index (κ2) is 6.84. The Kier molecular flexibility index (Phi) is 4.38. The van der Waals surface area contributed by atoms with Crippen molar-refractivity contribution in [3.8, 4) is 0 Å². The molecule has 3 aromatic heterocycles. The molecule has 0 aliphatic carbocycles. The van der Waals surface area contributed by atoms with Crippen molar-refractivity contribution in [2.45, 2.75) is 30.9 Å². The highest BCUT2D eigenvalue weighted by Gasteiger charge is 2.15. The molecule has 0 N–H and O–H groups in total. The molecule has 0 saturated carbocycles. The van der Waals surface area contributed by atoms with Gasteiger partial charge in [-0.1, -0.05) is 30.0 Å². The van der Waals surface area contributed by atoms with Crippen LogP contribution in [0.15, 0.2) is 58.1 Å². The molecule has 0 aliphatic heterocycles. The molecule has 26 heavy (non-hydrogen) atoms. The number of para-hydroxylation sites is 1. The summed E-state index contributed by atoms with van der Waals surface area (Å²) in [5.41, 5.74) is 1.85. The Morgan fingerprint density at radius 1 is 1.15 bits per heavy atom. The summed E-state index contributed by atoms with van der Waals surface area (Å²) in [4.78, 5) is 11.9. The van der Waals surface area contributed by atoms with E-state index in [9.17, 15) is 4.79 Å². The summed E-state index contributed by atoms with van der Waals surface area (Å²) in [6.45, 7) is 3.61. The summed E-state index contributed by atoms with van der Waals surface area (Å²) in [6, 6.07) is 15.5. The first kappa shape index (κ1) is 16.7. The van der Waals surface area contributed by atoms with E-state index >= 15 is 0 Å². The quantitative estimate of drug-likeness (QED) is 0.386. The van der Waals surface area contributed by atoms with E-state index in [1.54, 1.807) is 26.0 Å². The Morgan fingerprint density at radius 2 is 2.00 bits per heavy atom. The van der Waals surface area contributed by atoms with Crippen molar-refractivity contribution in [1.82, 2.24) is 14.6 Å². The lowest BCUT2D eigenvalue weighted by Gasteiger charge is -2.05. The Labute approximate surface area is 154 Å². The SMILES string of the molecule is CC(C)OC(=O)c1ccc(CSc2nnc3ccc4ccccc4n23)o1. The van der Waals surface area contributed by atoms with E-state index in [2.05, 4.69) is 16.3 Å². The predicted octanol–water partition coefficient (Wildman–Crippen LogP) is 4.33. The van der Waals surface area contributed by atoms with Crippen molar-refractivity contribution < 1.29 is 13.9 Å². The number of rotatable bonds is 5. The number of benzene rings is 1. The van der Waals surface area contributed by atoms with Crippen LogP contribution in [0.5, 0.6) is 0 Å². The van der Waals surface area contributed by atoms with Crippen LogP contribution in [0.25, 0.3) is 16.6 Å². The smallest absolute Gasteiger partial charge is 0.374 e. The Bertz CT molecular complexity index is 1080. The third kappa shape index (κ3) is 3.17. The summed E-state index contributed by atoms with van der Waals surface area (Å²) in [7, 11) is 0. The second-order valence-corrected chi connectivity index (χ2v) is 7.02. The number of carbonyl (C=O) groups excluding carboxylic acids is 1. The maximum atomic E-state index is 11.9. The molecule has 6 nitrogen and oxygen atoms in total. The fourth-order valence-corrected chi connectivity index (χ4v) is 3.52. The standard InChI is InChI=1S/C19H17N3O3S/c1-12(2)24-18(23)16-9-8-14(25-16)11-26-19-21-20-17-10-7-13-5-3-4-6-15(13)22(17)19/h3-10,12H,11H2,1-2H3. The summed E-state index contributed by atoms with van der Waals surface area (Å²) in [5.74, 6) is 0.989. The number of furan rings is 1. The van der Waals surface area contributed by atoms with Crippen LogP contribution >= 0.6 is 11.8 Å². The predicted molar refractivity (Wildman–Crippen MR) is 99.3 cm³/mol. The number of hydrogen-bond acceptors (Lipinski definition) is 6. The van der Waals surface area contributed by atoms with E-state index in [4.69, 9.17) is 9.15 Å². The molecule has 0 atom stereocenters. The number of carbonyl (C=O) groups is 1. The maximum Gasteiger partial charge on any atom is 0.374 e. The van der Waals surface area contributed by atoms with Crippen LogP contribution < -0.4 is 0 Å². The van der Waals surface area contributed by atoms with Gasteiger partial charge in [0.1, 0.15) is 5.76 Å². The van der Waals surface area contributed by atoms with Crippen LogP contribution in [0.1, 0.15) is 30.2 Å². The van der Waals surface area contributed by atoms with Gasteiger partial charge in [-0.2, -0.15) is 0 Å². The highest BCUT2D eigenvalue weighted by molar-refractivity contribution is 7.98. The largest absolute Gasteiger partial charge is 0.457 e. The molecular weight excluding hydrogens is 350 g/mol. The van der Waals surface area contributed by atoms with E-state index in [0.717, 1.165) is 21.7 Å². The highest BCUT2D eigenvalue weighted by atomic mass is 32.2. The van der Waals surface area contributed by atoms with Crippen LogP contribution in [-0.2, 0) is 10.5 Å². The number of ether oxygens (including phenoxy) is 1. The Hall–Kier alpha value is -2.80. The van der Waals surface area contributed by atoms with E-state index in [1.807, 2.05) is 34.7 Å². The van der Waals surface area contributed by atoms with Crippen LogP contribution in [0.2, 0.25) is 0 Å². The van der Waals surface area contributed by atoms with E-state index in [1.165, 1.54) is 11.8 Å². The lowest BCUT2D eigenvalue weighted by Crippen LogP contribution is -2.10. The summed E-state index contributed by atoms with van der Waals surface area (Å²) in [5, 5.41) is 10.4. The molecule has 0 fully saturated rings. The average Bonchev–Trinajstić information content (AvgIpc) is 3.26. The van der Waals surface area contributed by atoms with Gasteiger partial charge in [-0.25, -0.2) is 4.79 Å². The lowest BCUT2D eigenvalue weighted by molar-refractivity contribution is 0.0340. The molecular formula is C19H17N3O3S. The molecule has 132 valence electrons. The number of hydrogen-bond donors (Lipinski definition) is 0. The zero-order valence-corrected chi connectivity index (χ0v) is 15.2. The summed E-state index contributed by atoms with van der Waals surface area (Å²) in [6.07, 6.45) is -0.180. The molecule has 0 unspecified atom stereocenters. The normalized spacial score (nSPS) is 11.5. The number of esters is 1. The third-order valence-corrected chi connectivity index (χ3v) is 4.75.